The van der Waals surface area contributed by atoms with Gasteiger partial charge in [-0.3, -0.25) is 4.79 Å². The van der Waals surface area contributed by atoms with Crippen LogP contribution in [0.5, 0.6) is 0 Å². The lowest BCUT2D eigenvalue weighted by Crippen LogP contribution is -2.05. The molecule has 1 saturated carbocycles. The highest BCUT2D eigenvalue weighted by molar-refractivity contribution is 6.09. The Balaban J connectivity index is 2.00. The van der Waals surface area contributed by atoms with E-state index >= 15 is 0 Å². The predicted octanol–water partition coefficient (Wildman–Crippen LogP) is 3.06. The summed E-state index contributed by atoms with van der Waals surface area (Å²) in [5.74, 6) is -1.39. The SMILES string of the molecule is O=C(c1ccc(F)cc1F)c1cnoc1C1CC1. The molecule has 3 nitrogen and oxygen atoms in total. The number of carbonyl (C=O) groups is 1. The lowest BCUT2D eigenvalue weighted by atomic mass is 10.0. The zero-order valence-electron chi connectivity index (χ0n) is 9.32. The first-order chi connectivity index (χ1) is 8.66. The van der Waals surface area contributed by atoms with Gasteiger partial charge in [0.15, 0.2) is 5.76 Å². The van der Waals surface area contributed by atoms with Crippen LogP contribution < -0.4 is 0 Å². The molecule has 0 unspecified atom stereocenters. The van der Waals surface area contributed by atoms with Gasteiger partial charge in [-0.2, -0.15) is 0 Å². The van der Waals surface area contributed by atoms with Crippen molar-refractivity contribution in [3.8, 4) is 0 Å². The van der Waals surface area contributed by atoms with Gasteiger partial charge in [0.1, 0.15) is 11.6 Å². The van der Waals surface area contributed by atoms with Gasteiger partial charge in [-0.15, -0.1) is 0 Å². The van der Waals surface area contributed by atoms with Crippen LogP contribution in [0.15, 0.2) is 28.9 Å². The average molecular weight is 249 g/mol. The summed E-state index contributed by atoms with van der Waals surface area (Å²) in [5.41, 5.74) is 0.101. The number of ketones is 1. The molecule has 2 aromatic rings. The van der Waals surface area contributed by atoms with Crippen LogP contribution in [0, 0.1) is 11.6 Å². The third-order valence-electron chi connectivity index (χ3n) is 2.97. The third-order valence-corrected chi connectivity index (χ3v) is 2.97. The molecule has 0 bridgehead atoms. The summed E-state index contributed by atoms with van der Waals surface area (Å²) in [4.78, 5) is 12.1. The summed E-state index contributed by atoms with van der Waals surface area (Å²) in [6, 6.07) is 2.88. The van der Waals surface area contributed by atoms with Crippen LogP contribution in [0.3, 0.4) is 0 Å². The van der Waals surface area contributed by atoms with Crippen LogP contribution in [0.25, 0.3) is 0 Å². The smallest absolute Gasteiger partial charge is 0.201 e. The zero-order chi connectivity index (χ0) is 12.7. The van der Waals surface area contributed by atoms with Gasteiger partial charge < -0.3 is 4.52 Å². The van der Waals surface area contributed by atoms with Crippen molar-refractivity contribution in [1.29, 1.82) is 0 Å². The van der Waals surface area contributed by atoms with E-state index in [-0.39, 0.29) is 17.0 Å². The fourth-order valence-corrected chi connectivity index (χ4v) is 1.88. The van der Waals surface area contributed by atoms with Crippen LogP contribution in [0.2, 0.25) is 0 Å². The van der Waals surface area contributed by atoms with Crippen molar-refractivity contribution in [2.24, 2.45) is 0 Å². The highest BCUT2D eigenvalue weighted by Gasteiger charge is 2.33. The number of aromatic nitrogens is 1. The van der Waals surface area contributed by atoms with Crippen LogP contribution in [-0.2, 0) is 0 Å². The molecule has 1 heterocycles. The Hall–Kier alpha value is -2.04. The normalized spacial score (nSPS) is 14.8. The van der Waals surface area contributed by atoms with Gasteiger partial charge in [0, 0.05) is 12.0 Å². The Labute approximate surface area is 101 Å². The Kier molecular flexibility index (Phi) is 2.47. The largest absolute Gasteiger partial charge is 0.360 e. The molecule has 5 heteroatoms. The molecule has 0 N–H and O–H groups in total. The molecule has 92 valence electrons. The van der Waals surface area contributed by atoms with Crippen molar-refractivity contribution in [3.05, 3.63) is 52.9 Å². The fourth-order valence-electron chi connectivity index (χ4n) is 1.88. The minimum atomic E-state index is -0.872. The maximum atomic E-state index is 13.5. The highest BCUT2D eigenvalue weighted by atomic mass is 19.1. The maximum Gasteiger partial charge on any atom is 0.201 e. The monoisotopic (exact) mass is 249 g/mol. The number of nitrogens with zero attached hydrogens (tertiary/aromatic N) is 1. The van der Waals surface area contributed by atoms with E-state index in [0.717, 1.165) is 25.0 Å². The van der Waals surface area contributed by atoms with E-state index in [1.165, 1.54) is 6.20 Å². The molecule has 0 aliphatic heterocycles. The molecule has 0 saturated heterocycles. The molecule has 18 heavy (non-hydrogen) atoms. The third kappa shape index (κ3) is 1.81. The number of hydrogen-bond donors (Lipinski definition) is 0. The molecule has 1 aliphatic rings. The first kappa shape index (κ1) is 11.1. The van der Waals surface area contributed by atoms with E-state index in [1.807, 2.05) is 0 Å². The summed E-state index contributed by atoms with van der Waals surface area (Å²) >= 11 is 0. The summed E-state index contributed by atoms with van der Waals surface area (Å²) in [7, 11) is 0. The van der Waals surface area contributed by atoms with E-state index in [9.17, 15) is 13.6 Å². The Bertz CT molecular complexity index is 617. The quantitative estimate of drug-likeness (QED) is 0.785. The van der Waals surface area contributed by atoms with Crippen LogP contribution in [0.4, 0.5) is 8.78 Å². The zero-order valence-corrected chi connectivity index (χ0v) is 9.32. The number of hydrogen-bond acceptors (Lipinski definition) is 3. The van der Waals surface area contributed by atoms with Crippen molar-refractivity contribution in [1.82, 2.24) is 5.16 Å². The number of halogens is 2. The molecule has 3 rings (SSSR count). The Morgan fingerprint density at radius 2 is 2.06 bits per heavy atom. The van der Waals surface area contributed by atoms with E-state index < -0.39 is 17.4 Å². The van der Waals surface area contributed by atoms with Gasteiger partial charge in [-0.1, -0.05) is 5.16 Å². The molecule has 0 spiro atoms. The number of carbonyl (C=O) groups excluding carboxylic acids is 1. The van der Waals surface area contributed by atoms with E-state index in [1.54, 1.807) is 0 Å². The lowest BCUT2D eigenvalue weighted by Gasteiger charge is -2.01. The molecule has 1 fully saturated rings. The minimum absolute atomic E-state index is 0.165. The Morgan fingerprint density at radius 3 is 2.72 bits per heavy atom. The molecular weight excluding hydrogens is 240 g/mol. The van der Waals surface area contributed by atoms with Crippen molar-refractivity contribution in [2.45, 2.75) is 18.8 Å². The minimum Gasteiger partial charge on any atom is -0.360 e. The van der Waals surface area contributed by atoms with Crippen molar-refractivity contribution in [3.63, 3.8) is 0 Å². The first-order valence-corrected chi connectivity index (χ1v) is 5.61. The summed E-state index contributed by atoms with van der Waals surface area (Å²) in [6.07, 6.45) is 3.18. The van der Waals surface area contributed by atoms with Gasteiger partial charge in [-0.25, -0.2) is 8.78 Å². The lowest BCUT2D eigenvalue weighted by molar-refractivity contribution is 0.103. The predicted molar refractivity (Wildman–Crippen MR) is 58.3 cm³/mol. The fraction of sp³-hybridized carbons (Fsp3) is 0.231. The summed E-state index contributed by atoms with van der Waals surface area (Å²) in [5, 5.41) is 3.58. The molecule has 1 aliphatic carbocycles. The second-order valence-corrected chi connectivity index (χ2v) is 4.33. The van der Waals surface area contributed by atoms with Crippen LogP contribution in [0.1, 0.15) is 40.4 Å². The van der Waals surface area contributed by atoms with Gasteiger partial charge in [-0.05, 0) is 25.0 Å². The highest BCUT2D eigenvalue weighted by Crippen LogP contribution is 2.42. The second kappa shape index (κ2) is 4.01. The van der Waals surface area contributed by atoms with Crippen LogP contribution in [-0.4, -0.2) is 10.9 Å². The van der Waals surface area contributed by atoms with Crippen LogP contribution >= 0.6 is 0 Å². The van der Waals surface area contributed by atoms with E-state index in [0.29, 0.717) is 11.8 Å². The Morgan fingerprint density at radius 1 is 1.28 bits per heavy atom. The molecular formula is C13H9F2NO2. The van der Waals surface area contributed by atoms with Gasteiger partial charge in [0.25, 0.3) is 0 Å². The topological polar surface area (TPSA) is 43.1 Å². The summed E-state index contributed by atoms with van der Waals surface area (Å²) in [6.45, 7) is 0. The number of benzene rings is 1. The maximum absolute atomic E-state index is 13.5. The van der Waals surface area contributed by atoms with E-state index in [4.69, 9.17) is 4.52 Å². The molecule has 0 radical (unpaired) electrons. The molecule has 1 aromatic carbocycles. The van der Waals surface area contributed by atoms with Gasteiger partial charge in [0.2, 0.25) is 5.78 Å². The van der Waals surface area contributed by atoms with Gasteiger partial charge >= 0.3 is 0 Å². The number of rotatable bonds is 3. The van der Waals surface area contributed by atoms with Gasteiger partial charge in [0.05, 0.1) is 17.3 Å². The van der Waals surface area contributed by atoms with Crippen molar-refractivity contribution < 1.29 is 18.1 Å². The first-order valence-electron chi connectivity index (χ1n) is 5.61. The van der Waals surface area contributed by atoms with Crippen molar-refractivity contribution in [2.75, 3.05) is 0 Å². The second-order valence-electron chi connectivity index (χ2n) is 4.33. The molecule has 0 atom stereocenters. The molecule has 1 aromatic heterocycles. The standard InChI is InChI=1S/C13H9F2NO2/c14-8-3-4-9(11(15)5-8)12(17)10-6-16-18-13(10)7-1-2-7/h3-7H,1-2H2. The molecule has 0 amide bonds. The van der Waals surface area contributed by atoms with E-state index in [2.05, 4.69) is 5.16 Å². The average Bonchev–Trinajstić information content (AvgIpc) is 3.06. The summed E-state index contributed by atoms with van der Waals surface area (Å²) < 4.78 is 31.3. The van der Waals surface area contributed by atoms with Crippen molar-refractivity contribution >= 4 is 5.78 Å².